The first-order valence-electron chi connectivity index (χ1n) is 10.2. The number of benzene rings is 2. The van der Waals surface area contributed by atoms with Crippen LogP contribution >= 0.6 is 0 Å². The summed E-state index contributed by atoms with van der Waals surface area (Å²) in [5.41, 5.74) is 1.78. The molecule has 2 aromatic heterocycles. The molecule has 0 aliphatic carbocycles. The number of para-hydroxylation sites is 1. The fraction of sp³-hybridized carbons (Fsp3) is 0.167. The van der Waals surface area contributed by atoms with Gasteiger partial charge < -0.3 is 14.2 Å². The van der Waals surface area contributed by atoms with Crippen molar-refractivity contribution in [1.29, 1.82) is 0 Å². The third-order valence-electron chi connectivity index (χ3n) is 5.48. The molecule has 1 fully saturated rings. The van der Waals surface area contributed by atoms with E-state index in [0.29, 0.717) is 31.8 Å². The molecule has 31 heavy (non-hydrogen) atoms. The van der Waals surface area contributed by atoms with E-state index in [4.69, 9.17) is 4.42 Å². The number of piperazine rings is 1. The summed E-state index contributed by atoms with van der Waals surface area (Å²) < 4.78 is 5.31. The number of rotatable bonds is 3. The van der Waals surface area contributed by atoms with Crippen LogP contribution < -0.4 is 10.5 Å². The van der Waals surface area contributed by atoms with Gasteiger partial charge in [-0.2, -0.15) is 0 Å². The zero-order chi connectivity index (χ0) is 21.2. The van der Waals surface area contributed by atoms with Gasteiger partial charge in [-0.05, 0) is 24.3 Å². The summed E-state index contributed by atoms with van der Waals surface area (Å²) in [6.07, 6.45) is 0. The van der Waals surface area contributed by atoms with Crippen LogP contribution in [0.4, 0.5) is 5.82 Å². The molecule has 0 spiro atoms. The number of hydrogen-bond acceptors (Lipinski definition) is 6. The van der Waals surface area contributed by atoms with E-state index in [-0.39, 0.29) is 11.5 Å². The first kappa shape index (κ1) is 19.0. The van der Waals surface area contributed by atoms with Crippen molar-refractivity contribution >= 4 is 22.7 Å². The fourth-order valence-electron chi connectivity index (χ4n) is 3.78. The molecule has 0 unspecified atom stereocenters. The summed E-state index contributed by atoms with van der Waals surface area (Å²) in [5.74, 6) is 0.474. The third-order valence-corrected chi connectivity index (χ3v) is 5.48. The molecular formula is C24H20N4O3. The Hall–Kier alpha value is -4.00. The monoisotopic (exact) mass is 412 g/mol. The Morgan fingerprint density at radius 3 is 2.32 bits per heavy atom. The maximum Gasteiger partial charge on any atom is 0.349 e. The number of carbonyl (C=O) groups excluding carboxylic acids is 1. The van der Waals surface area contributed by atoms with Crippen LogP contribution in [-0.2, 0) is 0 Å². The number of carbonyl (C=O) groups is 1. The Morgan fingerprint density at radius 1 is 0.839 bits per heavy atom. The van der Waals surface area contributed by atoms with Crippen molar-refractivity contribution in [3.8, 4) is 11.3 Å². The molecule has 154 valence electrons. The van der Waals surface area contributed by atoms with E-state index in [2.05, 4.69) is 15.1 Å². The van der Waals surface area contributed by atoms with Crippen LogP contribution in [0.5, 0.6) is 0 Å². The molecular weight excluding hydrogens is 392 g/mol. The SMILES string of the molecule is O=C(c1cc2ccccc2oc1=O)N1CCN(c2ccc(-c3ccccc3)nn2)CC1. The van der Waals surface area contributed by atoms with Crippen molar-refractivity contribution < 1.29 is 9.21 Å². The van der Waals surface area contributed by atoms with Crippen LogP contribution in [0.15, 0.2) is 82.0 Å². The van der Waals surface area contributed by atoms with Gasteiger partial charge in [-0.1, -0.05) is 48.5 Å². The Labute approximate surface area is 178 Å². The zero-order valence-corrected chi connectivity index (χ0v) is 16.8. The average Bonchev–Trinajstić information content (AvgIpc) is 2.84. The van der Waals surface area contributed by atoms with Gasteiger partial charge in [0.25, 0.3) is 5.91 Å². The van der Waals surface area contributed by atoms with Gasteiger partial charge in [0, 0.05) is 37.1 Å². The second-order valence-electron chi connectivity index (χ2n) is 7.41. The van der Waals surface area contributed by atoms with Gasteiger partial charge in [-0.25, -0.2) is 4.79 Å². The molecule has 3 heterocycles. The average molecular weight is 412 g/mol. The summed E-state index contributed by atoms with van der Waals surface area (Å²) in [4.78, 5) is 29.0. The summed E-state index contributed by atoms with van der Waals surface area (Å²) in [5, 5.41) is 9.44. The molecule has 0 atom stereocenters. The van der Waals surface area contributed by atoms with Crippen molar-refractivity contribution in [2.75, 3.05) is 31.1 Å². The topological polar surface area (TPSA) is 79.5 Å². The van der Waals surface area contributed by atoms with Crippen molar-refractivity contribution in [3.63, 3.8) is 0 Å². The highest BCUT2D eigenvalue weighted by atomic mass is 16.4. The maximum atomic E-state index is 12.9. The highest BCUT2D eigenvalue weighted by Gasteiger charge is 2.25. The smallest absolute Gasteiger partial charge is 0.349 e. The standard InChI is InChI=1S/C24H20N4O3/c29-23(19-16-18-8-4-5-9-21(18)31-24(19)30)28-14-12-27(13-15-28)22-11-10-20(25-26-22)17-6-2-1-3-7-17/h1-11,16H,12-15H2. The molecule has 0 N–H and O–H groups in total. The van der Waals surface area contributed by atoms with Crippen LogP contribution in [-0.4, -0.2) is 47.2 Å². The zero-order valence-electron chi connectivity index (χ0n) is 16.8. The van der Waals surface area contributed by atoms with Gasteiger partial charge in [-0.3, -0.25) is 4.79 Å². The van der Waals surface area contributed by atoms with Crippen molar-refractivity contribution in [1.82, 2.24) is 15.1 Å². The van der Waals surface area contributed by atoms with E-state index < -0.39 is 5.63 Å². The van der Waals surface area contributed by atoms with Gasteiger partial charge in [0.2, 0.25) is 0 Å². The van der Waals surface area contributed by atoms with Crippen molar-refractivity contribution in [2.24, 2.45) is 0 Å². The van der Waals surface area contributed by atoms with Gasteiger partial charge in [0.05, 0.1) is 5.69 Å². The first-order chi connectivity index (χ1) is 15.2. The lowest BCUT2D eigenvalue weighted by Crippen LogP contribution is -2.49. The van der Waals surface area contributed by atoms with Crippen LogP contribution in [0.3, 0.4) is 0 Å². The van der Waals surface area contributed by atoms with Crippen LogP contribution in [0.1, 0.15) is 10.4 Å². The van der Waals surface area contributed by atoms with Gasteiger partial charge in [0.15, 0.2) is 5.82 Å². The number of aromatic nitrogens is 2. The van der Waals surface area contributed by atoms with Crippen LogP contribution in [0.25, 0.3) is 22.2 Å². The maximum absolute atomic E-state index is 12.9. The molecule has 5 rings (SSSR count). The summed E-state index contributed by atoms with van der Waals surface area (Å²) >= 11 is 0. The molecule has 1 aliphatic heterocycles. The summed E-state index contributed by atoms with van der Waals surface area (Å²) in [7, 11) is 0. The molecule has 0 bridgehead atoms. The molecule has 7 nitrogen and oxygen atoms in total. The highest BCUT2D eigenvalue weighted by Crippen LogP contribution is 2.20. The lowest BCUT2D eigenvalue weighted by Gasteiger charge is -2.35. The number of nitrogens with zero attached hydrogens (tertiary/aromatic N) is 4. The Morgan fingerprint density at radius 2 is 1.58 bits per heavy atom. The van der Waals surface area contributed by atoms with E-state index in [0.717, 1.165) is 22.5 Å². The Balaban J connectivity index is 1.28. The van der Waals surface area contributed by atoms with E-state index in [1.165, 1.54) is 0 Å². The minimum absolute atomic E-state index is 0.0687. The van der Waals surface area contributed by atoms with Crippen molar-refractivity contribution in [3.05, 3.63) is 88.8 Å². The van der Waals surface area contributed by atoms with Gasteiger partial charge in [-0.15, -0.1) is 10.2 Å². The van der Waals surface area contributed by atoms with Crippen LogP contribution in [0.2, 0.25) is 0 Å². The normalized spacial score (nSPS) is 14.1. The lowest BCUT2D eigenvalue weighted by atomic mass is 10.1. The van der Waals surface area contributed by atoms with E-state index >= 15 is 0 Å². The number of fused-ring (bicyclic) bond motifs is 1. The Bertz CT molecular complexity index is 1280. The van der Waals surface area contributed by atoms with E-state index in [1.807, 2.05) is 54.6 Å². The van der Waals surface area contributed by atoms with Gasteiger partial charge >= 0.3 is 5.63 Å². The summed E-state index contributed by atoms with van der Waals surface area (Å²) in [6, 6.07) is 22.6. The molecule has 4 aromatic rings. The predicted octanol–water partition coefficient (Wildman–Crippen LogP) is 3.21. The molecule has 1 aliphatic rings. The van der Waals surface area contributed by atoms with Crippen molar-refractivity contribution in [2.45, 2.75) is 0 Å². The van der Waals surface area contributed by atoms with E-state index in [1.54, 1.807) is 23.1 Å². The highest BCUT2D eigenvalue weighted by molar-refractivity contribution is 5.96. The predicted molar refractivity (Wildman–Crippen MR) is 118 cm³/mol. The fourth-order valence-corrected chi connectivity index (χ4v) is 3.78. The third kappa shape index (κ3) is 3.77. The quantitative estimate of drug-likeness (QED) is 0.481. The lowest BCUT2D eigenvalue weighted by molar-refractivity contribution is 0.0742. The first-order valence-corrected chi connectivity index (χ1v) is 10.2. The minimum atomic E-state index is -0.603. The minimum Gasteiger partial charge on any atom is -0.422 e. The van der Waals surface area contributed by atoms with E-state index in [9.17, 15) is 9.59 Å². The molecule has 1 saturated heterocycles. The number of anilines is 1. The second-order valence-corrected chi connectivity index (χ2v) is 7.41. The largest absolute Gasteiger partial charge is 0.422 e. The van der Waals surface area contributed by atoms with Crippen LogP contribution in [0, 0.1) is 0 Å². The van der Waals surface area contributed by atoms with Gasteiger partial charge in [0.1, 0.15) is 11.1 Å². The summed E-state index contributed by atoms with van der Waals surface area (Å²) in [6.45, 7) is 2.22. The number of amides is 1. The molecule has 2 aromatic carbocycles. The Kier molecular flexibility index (Phi) is 4.92. The molecule has 0 saturated carbocycles. The number of hydrogen-bond donors (Lipinski definition) is 0. The second kappa shape index (κ2) is 8.02. The molecule has 7 heteroatoms. The molecule has 0 radical (unpaired) electrons. The molecule has 1 amide bonds.